The predicted octanol–water partition coefficient (Wildman–Crippen LogP) is 6.73. The number of nitrogens with zero attached hydrogens (tertiary/aromatic N) is 4. The molecule has 0 bridgehead atoms. The van der Waals surface area contributed by atoms with Crippen molar-refractivity contribution in [1.29, 1.82) is 0 Å². The standard InChI is InChI=1S/C30H25IN6O/c1-38-23-12-9-21(10-13-23)28(31)30-29(35-37-36-30)22-15-16-32-25(17-22)26-18-33-27(34-26)14-11-20-7-4-6-19-5-2-3-8-24(19)20/h2-10,12-13,15-18,28H,11,14H2,1H3,(H,33,34)(H,35,36,37). The van der Waals surface area contributed by atoms with Crippen molar-refractivity contribution in [3.63, 3.8) is 0 Å². The van der Waals surface area contributed by atoms with Crippen molar-refractivity contribution in [1.82, 2.24) is 30.4 Å². The van der Waals surface area contributed by atoms with Crippen LogP contribution in [0.15, 0.2) is 91.3 Å². The maximum Gasteiger partial charge on any atom is 0.118 e. The zero-order valence-electron chi connectivity index (χ0n) is 20.7. The van der Waals surface area contributed by atoms with Crippen molar-refractivity contribution in [2.75, 3.05) is 7.11 Å². The number of hydrogen-bond acceptors (Lipinski definition) is 5. The quantitative estimate of drug-likeness (QED) is 0.147. The summed E-state index contributed by atoms with van der Waals surface area (Å²) in [7, 11) is 1.67. The lowest BCUT2D eigenvalue weighted by atomic mass is 10.0. The van der Waals surface area contributed by atoms with Gasteiger partial charge in [-0.1, -0.05) is 77.2 Å². The number of H-pyrrole nitrogens is 2. The van der Waals surface area contributed by atoms with Gasteiger partial charge in [0.05, 0.1) is 28.6 Å². The number of aromatic amines is 2. The molecule has 0 aliphatic rings. The molecular formula is C30H25IN6O. The molecule has 38 heavy (non-hydrogen) atoms. The number of hydrogen-bond donors (Lipinski definition) is 2. The molecule has 6 rings (SSSR count). The highest BCUT2D eigenvalue weighted by Crippen LogP contribution is 2.36. The number of methoxy groups -OCH3 is 1. The van der Waals surface area contributed by atoms with E-state index < -0.39 is 0 Å². The van der Waals surface area contributed by atoms with Crippen LogP contribution in [0.4, 0.5) is 0 Å². The average Bonchev–Trinajstić information content (AvgIpc) is 3.66. The Balaban J connectivity index is 1.21. The Bertz CT molecular complexity index is 1690. The monoisotopic (exact) mass is 612 g/mol. The maximum atomic E-state index is 5.29. The van der Waals surface area contributed by atoms with Gasteiger partial charge in [-0.25, -0.2) is 4.98 Å². The second-order valence-electron chi connectivity index (χ2n) is 9.00. The molecule has 3 aromatic carbocycles. The normalized spacial score (nSPS) is 12.1. The van der Waals surface area contributed by atoms with Crippen LogP contribution in [-0.4, -0.2) is 37.5 Å². The third kappa shape index (κ3) is 4.91. The predicted molar refractivity (Wildman–Crippen MR) is 157 cm³/mol. The molecule has 1 unspecified atom stereocenters. The molecule has 3 aromatic heterocycles. The number of benzene rings is 3. The van der Waals surface area contributed by atoms with E-state index in [1.54, 1.807) is 13.3 Å². The van der Waals surface area contributed by atoms with E-state index in [2.05, 4.69) is 108 Å². The summed E-state index contributed by atoms with van der Waals surface area (Å²) in [6.07, 6.45) is 5.38. The van der Waals surface area contributed by atoms with Gasteiger partial charge in [0, 0.05) is 18.2 Å². The highest BCUT2D eigenvalue weighted by atomic mass is 127. The second kappa shape index (κ2) is 10.7. The summed E-state index contributed by atoms with van der Waals surface area (Å²) < 4.78 is 5.32. The van der Waals surface area contributed by atoms with Crippen molar-refractivity contribution >= 4 is 33.4 Å². The molecule has 188 valence electrons. The van der Waals surface area contributed by atoms with Gasteiger partial charge in [-0.2, -0.15) is 15.4 Å². The fourth-order valence-corrected chi connectivity index (χ4v) is 5.52. The van der Waals surface area contributed by atoms with Gasteiger partial charge in [0.15, 0.2) is 0 Å². The summed E-state index contributed by atoms with van der Waals surface area (Å²) in [5.74, 6) is 1.77. The highest BCUT2D eigenvalue weighted by Gasteiger charge is 2.21. The fourth-order valence-electron chi connectivity index (χ4n) is 4.67. The van der Waals surface area contributed by atoms with E-state index in [0.29, 0.717) is 0 Å². The van der Waals surface area contributed by atoms with Gasteiger partial charge in [0.1, 0.15) is 23.0 Å². The molecule has 0 aliphatic carbocycles. The number of halogens is 1. The fraction of sp³-hybridized carbons (Fsp3) is 0.133. The van der Waals surface area contributed by atoms with Crippen LogP contribution >= 0.6 is 22.6 Å². The molecule has 0 saturated heterocycles. The smallest absolute Gasteiger partial charge is 0.118 e. The molecule has 0 radical (unpaired) electrons. The second-order valence-corrected chi connectivity index (χ2v) is 10.3. The van der Waals surface area contributed by atoms with Gasteiger partial charge in [0.25, 0.3) is 0 Å². The van der Waals surface area contributed by atoms with Crippen molar-refractivity contribution in [3.05, 3.63) is 114 Å². The first-order valence-electron chi connectivity index (χ1n) is 12.4. The van der Waals surface area contributed by atoms with Crippen LogP contribution in [0.3, 0.4) is 0 Å². The molecule has 0 amide bonds. The van der Waals surface area contributed by atoms with Crippen LogP contribution in [0.2, 0.25) is 0 Å². The Morgan fingerprint density at radius 1 is 0.895 bits per heavy atom. The van der Waals surface area contributed by atoms with E-state index in [4.69, 9.17) is 4.74 Å². The number of alkyl halides is 1. The van der Waals surface area contributed by atoms with Gasteiger partial charge in [0.2, 0.25) is 0 Å². The first-order chi connectivity index (χ1) is 18.7. The number of imidazole rings is 1. The van der Waals surface area contributed by atoms with Crippen LogP contribution < -0.4 is 4.74 Å². The summed E-state index contributed by atoms with van der Waals surface area (Å²) >= 11 is 2.39. The van der Waals surface area contributed by atoms with Gasteiger partial charge < -0.3 is 9.72 Å². The molecule has 0 saturated carbocycles. The van der Waals surface area contributed by atoms with Crippen molar-refractivity contribution < 1.29 is 4.74 Å². The number of rotatable bonds is 8. The van der Waals surface area contributed by atoms with Crippen LogP contribution in [-0.2, 0) is 12.8 Å². The molecular weight excluding hydrogens is 587 g/mol. The topological polar surface area (TPSA) is 92.4 Å². The summed E-state index contributed by atoms with van der Waals surface area (Å²) in [5, 5.41) is 14.3. The summed E-state index contributed by atoms with van der Waals surface area (Å²) in [5.41, 5.74) is 6.76. The maximum absolute atomic E-state index is 5.29. The van der Waals surface area contributed by atoms with Gasteiger partial charge in [-0.15, -0.1) is 0 Å². The number of fused-ring (bicyclic) bond motifs is 1. The third-order valence-corrected chi connectivity index (χ3v) is 7.98. The molecule has 1 atom stereocenters. The Morgan fingerprint density at radius 3 is 2.61 bits per heavy atom. The van der Waals surface area contributed by atoms with Gasteiger partial charge in [-0.05, 0) is 52.6 Å². The summed E-state index contributed by atoms with van der Waals surface area (Å²) in [6.45, 7) is 0. The van der Waals surface area contributed by atoms with Crippen LogP contribution in [0.1, 0.15) is 26.6 Å². The SMILES string of the molecule is COc1ccc(C(I)c2n[nH]nc2-c2ccnc(-c3cnc(CCc4cccc5ccccc45)[nH]3)c2)cc1. The highest BCUT2D eigenvalue weighted by molar-refractivity contribution is 14.1. The largest absolute Gasteiger partial charge is 0.497 e. The first kappa shape index (κ1) is 24.3. The minimum atomic E-state index is 0.0247. The minimum absolute atomic E-state index is 0.0247. The molecule has 0 aliphatic heterocycles. The van der Waals surface area contributed by atoms with E-state index in [1.165, 1.54) is 16.3 Å². The van der Waals surface area contributed by atoms with Crippen molar-refractivity contribution in [2.24, 2.45) is 0 Å². The van der Waals surface area contributed by atoms with E-state index in [-0.39, 0.29) is 3.92 Å². The number of aromatic nitrogens is 6. The molecule has 0 spiro atoms. The summed E-state index contributed by atoms with van der Waals surface area (Å²) in [4.78, 5) is 12.7. The van der Waals surface area contributed by atoms with Crippen molar-refractivity contribution in [3.8, 4) is 28.4 Å². The Hall–Kier alpha value is -4.05. The number of nitrogens with one attached hydrogen (secondary N) is 2. The van der Waals surface area contributed by atoms with Crippen molar-refractivity contribution in [2.45, 2.75) is 16.8 Å². The molecule has 0 fully saturated rings. The minimum Gasteiger partial charge on any atom is -0.497 e. The Labute approximate surface area is 233 Å². The number of pyridine rings is 1. The van der Waals surface area contributed by atoms with E-state index in [1.807, 2.05) is 30.5 Å². The van der Waals surface area contributed by atoms with E-state index in [0.717, 1.165) is 58.3 Å². The van der Waals surface area contributed by atoms with Gasteiger partial charge in [-0.3, -0.25) is 4.98 Å². The zero-order chi connectivity index (χ0) is 25.9. The average molecular weight is 612 g/mol. The zero-order valence-corrected chi connectivity index (χ0v) is 22.9. The lowest BCUT2D eigenvalue weighted by Crippen LogP contribution is -1.97. The van der Waals surface area contributed by atoms with Crippen LogP contribution in [0.5, 0.6) is 5.75 Å². The third-order valence-electron chi connectivity index (χ3n) is 6.67. The summed E-state index contributed by atoms with van der Waals surface area (Å²) in [6, 6.07) is 27.0. The Kier molecular flexibility index (Phi) is 6.87. The van der Waals surface area contributed by atoms with Crippen LogP contribution in [0.25, 0.3) is 33.4 Å². The number of aryl methyl sites for hydroxylation is 2. The molecule has 3 heterocycles. The molecule has 2 N–H and O–H groups in total. The lowest BCUT2D eigenvalue weighted by molar-refractivity contribution is 0.414. The van der Waals surface area contributed by atoms with E-state index >= 15 is 0 Å². The first-order valence-corrected chi connectivity index (χ1v) is 13.6. The molecule has 8 heteroatoms. The van der Waals surface area contributed by atoms with Crippen LogP contribution in [0, 0.1) is 0 Å². The lowest BCUT2D eigenvalue weighted by Gasteiger charge is -2.10. The van der Waals surface area contributed by atoms with Gasteiger partial charge >= 0.3 is 0 Å². The molecule has 6 aromatic rings. The Morgan fingerprint density at radius 2 is 1.74 bits per heavy atom. The molecule has 7 nitrogen and oxygen atoms in total. The van der Waals surface area contributed by atoms with E-state index in [9.17, 15) is 0 Å². The number of ether oxygens (including phenoxy) is 1.